The Kier molecular flexibility index (Phi) is 6.26. The first kappa shape index (κ1) is 20.9. The van der Waals surface area contributed by atoms with Gasteiger partial charge in [0.05, 0.1) is 29.6 Å². The predicted octanol–water partition coefficient (Wildman–Crippen LogP) is 2.22. The summed E-state index contributed by atoms with van der Waals surface area (Å²) >= 11 is 0. The van der Waals surface area contributed by atoms with E-state index >= 15 is 0 Å². The number of benzene rings is 2. The number of ether oxygens (including phenoxy) is 1. The van der Waals surface area contributed by atoms with Crippen LogP contribution in [0.15, 0.2) is 47.4 Å². The molecular formula is C19H21N3O6S. The minimum Gasteiger partial charge on any atom is -0.379 e. The summed E-state index contributed by atoms with van der Waals surface area (Å²) in [6.07, 6.45) is 0. The van der Waals surface area contributed by atoms with Crippen molar-refractivity contribution in [3.8, 4) is 0 Å². The number of Topliss-reactive ketones (excluding diaryl/α,β-unsaturated/α-hetero) is 1. The van der Waals surface area contributed by atoms with Crippen LogP contribution in [0.4, 0.5) is 11.4 Å². The first-order valence-electron chi connectivity index (χ1n) is 8.99. The molecule has 1 aliphatic heterocycles. The molecule has 2 aromatic rings. The Bertz CT molecular complexity index is 1010. The lowest BCUT2D eigenvalue weighted by atomic mass is 10.1. The second kappa shape index (κ2) is 8.68. The molecule has 0 spiro atoms. The third-order valence-electron chi connectivity index (χ3n) is 4.64. The maximum Gasteiger partial charge on any atom is 0.269 e. The van der Waals surface area contributed by atoms with Gasteiger partial charge in [0.15, 0.2) is 5.78 Å². The Balaban J connectivity index is 1.65. The number of nitrogens with zero attached hydrogens (tertiary/aromatic N) is 2. The summed E-state index contributed by atoms with van der Waals surface area (Å²) < 4.78 is 31.8. The third-order valence-corrected chi connectivity index (χ3v) is 6.56. The molecule has 1 heterocycles. The first-order chi connectivity index (χ1) is 13.8. The summed E-state index contributed by atoms with van der Waals surface area (Å²) in [6.45, 7) is 3.04. The largest absolute Gasteiger partial charge is 0.379 e. The number of non-ortho nitro benzene ring substituents is 1. The predicted molar refractivity (Wildman–Crippen MR) is 107 cm³/mol. The van der Waals surface area contributed by atoms with E-state index in [4.69, 9.17) is 4.74 Å². The highest BCUT2D eigenvalue weighted by molar-refractivity contribution is 7.89. The van der Waals surface area contributed by atoms with Gasteiger partial charge in [-0.3, -0.25) is 14.9 Å². The Hall–Kier alpha value is -2.82. The van der Waals surface area contributed by atoms with Gasteiger partial charge >= 0.3 is 0 Å². The van der Waals surface area contributed by atoms with Crippen LogP contribution >= 0.6 is 0 Å². The number of hydrogen-bond acceptors (Lipinski definition) is 7. The number of anilines is 1. The van der Waals surface area contributed by atoms with Crippen molar-refractivity contribution < 1.29 is 22.9 Å². The minimum atomic E-state index is -3.61. The van der Waals surface area contributed by atoms with Crippen LogP contribution in [-0.4, -0.2) is 56.3 Å². The van der Waals surface area contributed by atoms with Crippen LogP contribution in [0, 0.1) is 17.0 Å². The van der Waals surface area contributed by atoms with E-state index in [2.05, 4.69) is 5.32 Å². The fourth-order valence-corrected chi connectivity index (χ4v) is 4.39. The van der Waals surface area contributed by atoms with Crippen molar-refractivity contribution in [2.75, 3.05) is 38.2 Å². The highest BCUT2D eigenvalue weighted by atomic mass is 32.2. The third kappa shape index (κ3) is 4.78. The van der Waals surface area contributed by atoms with Gasteiger partial charge < -0.3 is 10.1 Å². The highest BCUT2D eigenvalue weighted by Gasteiger charge is 2.26. The monoisotopic (exact) mass is 419 g/mol. The molecule has 0 bridgehead atoms. The average Bonchev–Trinajstić information content (AvgIpc) is 2.73. The number of carbonyl (C=O) groups excluding carboxylic acids is 1. The zero-order chi connectivity index (χ0) is 21.0. The van der Waals surface area contributed by atoms with Gasteiger partial charge in [0.25, 0.3) is 5.69 Å². The molecule has 1 fully saturated rings. The summed E-state index contributed by atoms with van der Waals surface area (Å²) in [7, 11) is -3.61. The van der Waals surface area contributed by atoms with E-state index in [0.29, 0.717) is 43.1 Å². The molecule has 29 heavy (non-hydrogen) atoms. The van der Waals surface area contributed by atoms with Gasteiger partial charge in [0.2, 0.25) is 10.0 Å². The number of nitrogens with one attached hydrogen (secondary N) is 1. The summed E-state index contributed by atoms with van der Waals surface area (Å²) in [5.41, 5.74) is 1.63. The topological polar surface area (TPSA) is 119 Å². The van der Waals surface area contributed by atoms with Crippen LogP contribution in [0.1, 0.15) is 15.9 Å². The van der Waals surface area contributed by atoms with E-state index in [-0.39, 0.29) is 22.9 Å². The quantitative estimate of drug-likeness (QED) is 0.415. The molecule has 1 N–H and O–H groups in total. The van der Waals surface area contributed by atoms with E-state index in [1.807, 2.05) is 0 Å². The van der Waals surface area contributed by atoms with E-state index in [9.17, 15) is 23.3 Å². The van der Waals surface area contributed by atoms with Gasteiger partial charge in [0, 0.05) is 36.5 Å². The van der Waals surface area contributed by atoms with Crippen LogP contribution in [-0.2, 0) is 14.8 Å². The van der Waals surface area contributed by atoms with Crippen molar-refractivity contribution in [2.45, 2.75) is 11.8 Å². The molecule has 3 rings (SSSR count). The molecule has 0 unspecified atom stereocenters. The molecule has 1 aliphatic rings. The van der Waals surface area contributed by atoms with Crippen LogP contribution in [0.2, 0.25) is 0 Å². The molecule has 0 saturated carbocycles. The van der Waals surface area contributed by atoms with E-state index in [0.717, 1.165) is 0 Å². The lowest BCUT2D eigenvalue weighted by molar-refractivity contribution is -0.384. The molecule has 154 valence electrons. The molecule has 0 aromatic heterocycles. The second-order valence-electron chi connectivity index (χ2n) is 6.57. The maximum atomic E-state index is 12.6. The highest BCUT2D eigenvalue weighted by Crippen LogP contribution is 2.22. The molecule has 10 heteroatoms. The van der Waals surface area contributed by atoms with Crippen molar-refractivity contribution in [3.05, 3.63) is 63.7 Å². The van der Waals surface area contributed by atoms with Gasteiger partial charge in [-0.2, -0.15) is 4.31 Å². The number of nitro groups is 1. The smallest absolute Gasteiger partial charge is 0.269 e. The van der Waals surface area contributed by atoms with Gasteiger partial charge in [-0.05, 0) is 42.8 Å². The lowest BCUT2D eigenvalue weighted by Crippen LogP contribution is -2.40. The first-order valence-corrected chi connectivity index (χ1v) is 10.4. The van der Waals surface area contributed by atoms with Crippen molar-refractivity contribution in [1.82, 2.24) is 4.31 Å². The Labute approximate surface area is 168 Å². The number of sulfonamides is 1. The SMILES string of the molecule is Cc1cc([N+](=O)[O-])ccc1NCC(=O)c1ccc(S(=O)(=O)N2CCOCC2)cc1. The van der Waals surface area contributed by atoms with Crippen molar-refractivity contribution in [3.63, 3.8) is 0 Å². The fourth-order valence-electron chi connectivity index (χ4n) is 2.99. The Morgan fingerprint density at radius 3 is 2.41 bits per heavy atom. The summed E-state index contributed by atoms with van der Waals surface area (Å²) in [5.74, 6) is -0.224. The second-order valence-corrected chi connectivity index (χ2v) is 8.51. The van der Waals surface area contributed by atoms with E-state index in [1.54, 1.807) is 13.0 Å². The number of morpholine rings is 1. The zero-order valence-corrected chi connectivity index (χ0v) is 16.6. The number of aryl methyl sites for hydroxylation is 1. The normalized spacial score (nSPS) is 15.1. The number of nitro benzene ring substituents is 1. The summed E-state index contributed by atoms with van der Waals surface area (Å²) in [5, 5.41) is 13.8. The Morgan fingerprint density at radius 2 is 1.83 bits per heavy atom. The number of ketones is 1. The van der Waals surface area contributed by atoms with Crippen molar-refractivity contribution in [1.29, 1.82) is 0 Å². The molecular weight excluding hydrogens is 398 g/mol. The lowest BCUT2D eigenvalue weighted by Gasteiger charge is -2.26. The zero-order valence-electron chi connectivity index (χ0n) is 15.8. The number of rotatable bonds is 7. The van der Waals surface area contributed by atoms with E-state index < -0.39 is 14.9 Å². The van der Waals surface area contributed by atoms with Gasteiger partial charge in [-0.15, -0.1) is 0 Å². The van der Waals surface area contributed by atoms with Gasteiger partial charge in [0.1, 0.15) is 0 Å². The molecule has 1 saturated heterocycles. The summed E-state index contributed by atoms with van der Waals surface area (Å²) in [4.78, 5) is 22.9. The molecule has 0 aliphatic carbocycles. The van der Waals surface area contributed by atoms with Crippen molar-refractivity contribution >= 4 is 27.2 Å². The fraction of sp³-hybridized carbons (Fsp3) is 0.316. The van der Waals surface area contributed by atoms with Crippen molar-refractivity contribution in [2.24, 2.45) is 0 Å². The standard InChI is InChI=1S/C19H21N3O6S/c1-14-12-16(22(24)25)4-7-18(14)20-13-19(23)15-2-5-17(6-3-15)29(26,27)21-8-10-28-11-9-21/h2-7,12,20H,8-11,13H2,1H3. The van der Waals surface area contributed by atoms with E-state index in [1.165, 1.54) is 40.7 Å². The number of hydrogen-bond donors (Lipinski definition) is 1. The van der Waals surface area contributed by atoms with Crippen LogP contribution in [0.25, 0.3) is 0 Å². The van der Waals surface area contributed by atoms with Gasteiger partial charge in [-0.1, -0.05) is 0 Å². The average molecular weight is 419 g/mol. The number of carbonyl (C=O) groups is 1. The molecule has 9 nitrogen and oxygen atoms in total. The van der Waals surface area contributed by atoms with Crippen LogP contribution in [0.3, 0.4) is 0 Å². The molecule has 0 radical (unpaired) electrons. The van der Waals surface area contributed by atoms with Crippen LogP contribution < -0.4 is 5.32 Å². The summed E-state index contributed by atoms with van der Waals surface area (Å²) in [6, 6.07) is 10.2. The minimum absolute atomic E-state index is 0.0172. The van der Waals surface area contributed by atoms with Gasteiger partial charge in [-0.25, -0.2) is 8.42 Å². The molecule has 0 amide bonds. The maximum absolute atomic E-state index is 12.6. The molecule has 0 atom stereocenters. The Morgan fingerprint density at radius 1 is 1.17 bits per heavy atom. The molecule has 2 aromatic carbocycles. The van der Waals surface area contributed by atoms with Crippen LogP contribution in [0.5, 0.6) is 0 Å².